The number of carbonyl (C=O) groups excluding carboxylic acids is 1. The molecule has 1 unspecified atom stereocenters. The van der Waals surface area contributed by atoms with Crippen LogP contribution in [0.15, 0.2) is 40.6 Å². The van der Waals surface area contributed by atoms with E-state index in [1.165, 1.54) is 22.6 Å². The Morgan fingerprint density at radius 3 is 2.68 bits per heavy atom. The molecular weight excluding hydrogens is 396 g/mol. The van der Waals surface area contributed by atoms with Gasteiger partial charge in [-0.1, -0.05) is 6.92 Å². The van der Waals surface area contributed by atoms with E-state index in [-0.39, 0.29) is 29.8 Å². The molecule has 1 aliphatic rings. The smallest absolute Gasteiger partial charge is 0.240 e. The topological polar surface area (TPSA) is 75.7 Å². The summed E-state index contributed by atoms with van der Waals surface area (Å²) < 4.78 is 32.7. The third-order valence-corrected chi connectivity index (χ3v) is 7.35. The number of ether oxygens (including phenoxy) is 1. The molecule has 0 saturated heterocycles. The summed E-state index contributed by atoms with van der Waals surface area (Å²) in [5, 5.41) is 2.08. The molecule has 0 aliphatic carbocycles. The molecule has 8 heteroatoms. The van der Waals surface area contributed by atoms with E-state index < -0.39 is 10.0 Å². The van der Waals surface area contributed by atoms with Gasteiger partial charge in [0.25, 0.3) is 0 Å². The standard InChI is InChI=1S/C20H26N2O4S2/c1-3-18-17-11-14-27-19(17)10-13-22(18)20(23)9-12-21-28(24,25)16-7-5-15(6-8-16)26-4-2/h5-8,11,14,18,21H,3-4,9-10,12-13H2,1-2H3. The van der Waals surface area contributed by atoms with Crippen molar-refractivity contribution < 1.29 is 17.9 Å². The molecule has 1 aromatic carbocycles. The predicted molar refractivity (Wildman–Crippen MR) is 110 cm³/mol. The van der Waals surface area contributed by atoms with Crippen molar-refractivity contribution in [3.05, 3.63) is 46.2 Å². The lowest BCUT2D eigenvalue weighted by atomic mass is 9.97. The highest BCUT2D eigenvalue weighted by Gasteiger charge is 2.30. The molecule has 2 heterocycles. The van der Waals surface area contributed by atoms with Crippen molar-refractivity contribution in [3.63, 3.8) is 0 Å². The lowest BCUT2D eigenvalue weighted by Gasteiger charge is -2.35. The number of benzene rings is 1. The number of hydrogen-bond acceptors (Lipinski definition) is 5. The number of fused-ring (bicyclic) bond motifs is 1. The summed E-state index contributed by atoms with van der Waals surface area (Å²) in [4.78, 5) is 16.1. The molecule has 1 amide bonds. The summed E-state index contributed by atoms with van der Waals surface area (Å²) in [5.74, 6) is 0.609. The highest BCUT2D eigenvalue weighted by molar-refractivity contribution is 7.89. The van der Waals surface area contributed by atoms with Crippen LogP contribution in [-0.2, 0) is 21.2 Å². The molecule has 6 nitrogen and oxygen atoms in total. The van der Waals surface area contributed by atoms with Crippen LogP contribution in [0.25, 0.3) is 0 Å². The quantitative estimate of drug-likeness (QED) is 0.708. The van der Waals surface area contributed by atoms with Gasteiger partial charge < -0.3 is 9.64 Å². The van der Waals surface area contributed by atoms with Gasteiger partial charge in [-0.05, 0) is 61.0 Å². The highest BCUT2D eigenvalue weighted by atomic mass is 32.2. The molecule has 1 N–H and O–H groups in total. The number of thiophene rings is 1. The van der Waals surface area contributed by atoms with E-state index in [0.717, 1.165) is 12.8 Å². The second-order valence-electron chi connectivity index (χ2n) is 6.61. The van der Waals surface area contributed by atoms with Gasteiger partial charge in [-0.2, -0.15) is 0 Å². The zero-order chi connectivity index (χ0) is 20.1. The molecule has 0 radical (unpaired) electrons. The average Bonchev–Trinajstić information content (AvgIpc) is 3.16. The van der Waals surface area contributed by atoms with Gasteiger partial charge in [0.1, 0.15) is 5.75 Å². The summed E-state index contributed by atoms with van der Waals surface area (Å²) in [5.41, 5.74) is 1.24. The molecule has 1 aliphatic heterocycles. The minimum atomic E-state index is -3.65. The van der Waals surface area contributed by atoms with Crippen LogP contribution < -0.4 is 9.46 Å². The fourth-order valence-corrected chi connectivity index (χ4v) is 5.50. The molecular formula is C20H26N2O4S2. The Morgan fingerprint density at radius 2 is 2.00 bits per heavy atom. The van der Waals surface area contributed by atoms with Crippen LogP contribution in [0.3, 0.4) is 0 Å². The molecule has 0 bridgehead atoms. The van der Waals surface area contributed by atoms with E-state index in [1.54, 1.807) is 23.5 Å². The largest absolute Gasteiger partial charge is 0.494 e. The van der Waals surface area contributed by atoms with E-state index in [4.69, 9.17) is 4.74 Å². The van der Waals surface area contributed by atoms with Crippen LogP contribution in [0, 0.1) is 0 Å². The van der Waals surface area contributed by atoms with Gasteiger partial charge in [0.2, 0.25) is 15.9 Å². The lowest BCUT2D eigenvalue weighted by Crippen LogP contribution is -2.40. The predicted octanol–water partition coefficient (Wildman–Crippen LogP) is 3.35. The average molecular weight is 423 g/mol. The van der Waals surface area contributed by atoms with Crippen LogP contribution in [0.5, 0.6) is 5.75 Å². The summed E-state index contributed by atoms with van der Waals surface area (Å²) in [7, 11) is -3.65. The normalized spacial score (nSPS) is 16.6. The third-order valence-electron chi connectivity index (χ3n) is 4.88. The number of rotatable bonds is 8. The van der Waals surface area contributed by atoms with E-state index in [2.05, 4.69) is 23.1 Å². The van der Waals surface area contributed by atoms with Gasteiger partial charge >= 0.3 is 0 Å². The Bertz CT molecular complexity index is 907. The molecule has 1 aromatic heterocycles. The summed E-state index contributed by atoms with van der Waals surface area (Å²) in [6.07, 6.45) is 1.87. The zero-order valence-corrected chi connectivity index (χ0v) is 17.8. The monoisotopic (exact) mass is 422 g/mol. The van der Waals surface area contributed by atoms with Crippen molar-refractivity contribution in [2.45, 2.75) is 44.0 Å². The van der Waals surface area contributed by atoms with Crippen molar-refractivity contribution in [1.29, 1.82) is 0 Å². The Kier molecular flexibility index (Phi) is 6.74. The summed E-state index contributed by atoms with van der Waals surface area (Å²) in [6, 6.07) is 8.45. The Hall–Kier alpha value is -1.90. The van der Waals surface area contributed by atoms with E-state index in [0.29, 0.717) is 18.9 Å². The van der Waals surface area contributed by atoms with Gasteiger partial charge in [-0.3, -0.25) is 4.79 Å². The lowest BCUT2D eigenvalue weighted by molar-refractivity contribution is -0.134. The summed E-state index contributed by atoms with van der Waals surface area (Å²) >= 11 is 1.74. The Labute approximate surface area is 170 Å². The van der Waals surface area contributed by atoms with Gasteiger partial charge in [0, 0.05) is 24.4 Å². The van der Waals surface area contributed by atoms with Crippen LogP contribution in [0.2, 0.25) is 0 Å². The molecule has 2 aromatic rings. The fourth-order valence-electron chi connectivity index (χ4n) is 3.54. The van der Waals surface area contributed by atoms with Crippen molar-refractivity contribution in [2.75, 3.05) is 19.7 Å². The Balaban J connectivity index is 1.57. The van der Waals surface area contributed by atoms with Gasteiger partial charge in [-0.15, -0.1) is 11.3 Å². The highest BCUT2D eigenvalue weighted by Crippen LogP contribution is 2.35. The van der Waals surface area contributed by atoms with Crippen molar-refractivity contribution >= 4 is 27.3 Å². The maximum absolute atomic E-state index is 12.7. The van der Waals surface area contributed by atoms with Crippen molar-refractivity contribution in [3.8, 4) is 5.75 Å². The SMILES string of the molecule is CCOc1ccc(S(=O)(=O)NCCC(=O)N2CCc3sccc3C2CC)cc1. The molecule has 1 atom stereocenters. The fraction of sp³-hybridized carbons (Fsp3) is 0.450. The van der Waals surface area contributed by atoms with E-state index in [9.17, 15) is 13.2 Å². The molecule has 152 valence electrons. The minimum Gasteiger partial charge on any atom is -0.494 e. The van der Waals surface area contributed by atoms with Gasteiger partial charge in [0.15, 0.2) is 0 Å². The molecule has 3 rings (SSSR count). The molecule has 0 saturated carbocycles. The first-order valence-electron chi connectivity index (χ1n) is 9.54. The molecule has 28 heavy (non-hydrogen) atoms. The molecule has 0 fully saturated rings. The number of hydrogen-bond donors (Lipinski definition) is 1. The van der Waals surface area contributed by atoms with E-state index in [1.807, 2.05) is 11.8 Å². The first-order chi connectivity index (χ1) is 13.5. The second-order valence-corrected chi connectivity index (χ2v) is 9.38. The van der Waals surface area contributed by atoms with Gasteiger partial charge in [0.05, 0.1) is 17.5 Å². The van der Waals surface area contributed by atoms with Crippen LogP contribution in [0.1, 0.15) is 43.2 Å². The van der Waals surface area contributed by atoms with Crippen molar-refractivity contribution in [2.24, 2.45) is 0 Å². The van der Waals surface area contributed by atoms with Crippen molar-refractivity contribution in [1.82, 2.24) is 9.62 Å². The number of nitrogens with one attached hydrogen (secondary N) is 1. The Morgan fingerprint density at radius 1 is 1.25 bits per heavy atom. The second kappa shape index (κ2) is 9.07. The number of nitrogens with zero attached hydrogens (tertiary/aromatic N) is 1. The van der Waals surface area contributed by atoms with Gasteiger partial charge in [-0.25, -0.2) is 13.1 Å². The maximum Gasteiger partial charge on any atom is 0.240 e. The number of sulfonamides is 1. The minimum absolute atomic E-state index is 0.0157. The third kappa shape index (κ3) is 4.56. The van der Waals surface area contributed by atoms with Crippen LogP contribution in [0.4, 0.5) is 0 Å². The van der Waals surface area contributed by atoms with E-state index >= 15 is 0 Å². The number of amides is 1. The first-order valence-corrected chi connectivity index (χ1v) is 11.9. The van der Waals surface area contributed by atoms with Crippen LogP contribution in [-0.4, -0.2) is 38.9 Å². The van der Waals surface area contributed by atoms with Crippen LogP contribution >= 0.6 is 11.3 Å². The first kappa shape index (κ1) is 20.8. The molecule has 0 spiro atoms. The number of carbonyl (C=O) groups is 1. The maximum atomic E-state index is 12.7. The summed E-state index contributed by atoms with van der Waals surface area (Å²) in [6.45, 7) is 5.24. The zero-order valence-electron chi connectivity index (χ0n) is 16.2.